The van der Waals surface area contributed by atoms with Crippen LogP contribution in [0, 0.1) is 5.92 Å². The van der Waals surface area contributed by atoms with Crippen LogP contribution in [0.3, 0.4) is 0 Å². The third kappa shape index (κ3) is 4.45. The first-order valence-electron chi connectivity index (χ1n) is 5.82. The minimum absolute atomic E-state index is 0.0561. The molecule has 0 fully saturated rings. The number of aliphatic carboxylic acids is 1. The molecule has 3 N–H and O–H groups in total. The molecule has 0 heterocycles. The van der Waals surface area contributed by atoms with E-state index in [1.165, 1.54) is 0 Å². The summed E-state index contributed by atoms with van der Waals surface area (Å²) in [5.41, 5.74) is 0.823. The van der Waals surface area contributed by atoms with Crippen molar-refractivity contribution in [3.63, 3.8) is 0 Å². The maximum Gasteiger partial charge on any atom is 0.326 e. The van der Waals surface area contributed by atoms with E-state index in [-0.39, 0.29) is 18.4 Å². The minimum atomic E-state index is -1.02. The van der Waals surface area contributed by atoms with E-state index in [0.29, 0.717) is 0 Å². The zero-order valence-corrected chi connectivity index (χ0v) is 10.5. The average Bonchev–Trinajstić information content (AvgIpc) is 2.34. The predicted octanol–water partition coefficient (Wildman–Crippen LogP) is 1.32. The zero-order chi connectivity index (χ0) is 13.5. The van der Waals surface area contributed by atoms with Gasteiger partial charge in [-0.2, -0.15) is 0 Å². The molecule has 5 heteroatoms. The highest BCUT2D eigenvalue weighted by Crippen LogP contribution is 2.04. The fourth-order valence-corrected chi connectivity index (χ4v) is 1.48. The van der Waals surface area contributed by atoms with Gasteiger partial charge in [0.05, 0.1) is 6.54 Å². The molecule has 0 aliphatic carbocycles. The van der Waals surface area contributed by atoms with Crippen LogP contribution in [0.25, 0.3) is 0 Å². The molecule has 0 saturated heterocycles. The number of anilines is 1. The van der Waals surface area contributed by atoms with Crippen molar-refractivity contribution in [3.8, 4) is 0 Å². The lowest BCUT2D eigenvalue weighted by atomic mass is 10.1. The van der Waals surface area contributed by atoms with E-state index in [2.05, 4.69) is 10.6 Å². The number of carboxylic acids is 1. The number of hydrogen-bond acceptors (Lipinski definition) is 3. The minimum Gasteiger partial charge on any atom is -0.480 e. The first-order chi connectivity index (χ1) is 8.50. The first-order valence-corrected chi connectivity index (χ1v) is 5.82. The van der Waals surface area contributed by atoms with E-state index in [4.69, 9.17) is 5.11 Å². The third-order valence-corrected chi connectivity index (χ3v) is 2.48. The highest BCUT2D eigenvalue weighted by atomic mass is 16.4. The largest absolute Gasteiger partial charge is 0.480 e. The molecule has 0 bridgehead atoms. The summed E-state index contributed by atoms with van der Waals surface area (Å²) >= 11 is 0. The smallest absolute Gasteiger partial charge is 0.326 e. The molecule has 5 nitrogen and oxygen atoms in total. The molecule has 1 aromatic carbocycles. The summed E-state index contributed by atoms with van der Waals surface area (Å²) in [6.45, 7) is 3.56. The Morgan fingerprint density at radius 1 is 1.22 bits per heavy atom. The van der Waals surface area contributed by atoms with E-state index in [0.717, 1.165) is 5.69 Å². The van der Waals surface area contributed by atoms with Gasteiger partial charge in [-0.3, -0.25) is 4.79 Å². The van der Waals surface area contributed by atoms with Gasteiger partial charge in [0.15, 0.2) is 0 Å². The number of para-hydroxylation sites is 1. The molecule has 1 amide bonds. The zero-order valence-electron chi connectivity index (χ0n) is 10.5. The van der Waals surface area contributed by atoms with Gasteiger partial charge in [-0.25, -0.2) is 4.79 Å². The summed E-state index contributed by atoms with van der Waals surface area (Å²) in [4.78, 5) is 22.5. The third-order valence-electron chi connectivity index (χ3n) is 2.48. The Morgan fingerprint density at radius 3 is 2.33 bits per heavy atom. The van der Waals surface area contributed by atoms with Gasteiger partial charge in [0, 0.05) is 5.69 Å². The summed E-state index contributed by atoms with van der Waals surface area (Å²) in [6.07, 6.45) is 0. The molecule has 0 spiro atoms. The van der Waals surface area contributed by atoms with Crippen LogP contribution >= 0.6 is 0 Å². The Labute approximate surface area is 106 Å². The Bertz CT molecular complexity index is 404. The van der Waals surface area contributed by atoms with Gasteiger partial charge < -0.3 is 15.7 Å². The lowest BCUT2D eigenvalue weighted by Gasteiger charge is -2.18. The highest BCUT2D eigenvalue weighted by Gasteiger charge is 2.22. The van der Waals surface area contributed by atoms with Crippen molar-refractivity contribution < 1.29 is 14.7 Å². The van der Waals surface area contributed by atoms with E-state index >= 15 is 0 Å². The van der Waals surface area contributed by atoms with E-state index in [1.54, 1.807) is 13.8 Å². The molecule has 0 aliphatic rings. The monoisotopic (exact) mass is 250 g/mol. The summed E-state index contributed by atoms with van der Waals surface area (Å²) in [5.74, 6) is -1.50. The second-order valence-electron chi connectivity index (χ2n) is 4.35. The Hall–Kier alpha value is -2.04. The molecule has 1 atom stereocenters. The van der Waals surface area contributed by atoms with Crippen LogP contribution in [0.4, 0.5) is 5.69 Å². The van der Waals surface area contributed by atoms with Gasteiger partial charge in [0.2, 0.25) is 5.91 Å². The highest BCUT2D eigenvalue weighted by molar-refractivity contribution is 5.86. The number of carboxylic acid groups (broad SMARTS) is 1. The molecule has 18 heavy (non-hydrogen) atoms. The van der Waals surface area contributed by atoms with Gasteiger partial charge in [-0.1, -0.05) is 32.0 Å². The van der Waals surface area contributed by atoms with Gasteiger partial charge in [0.1, 0.15) is 6.04 Å². The van der Waals surface area contributed by atoms with Crippen molar-refractivity contribution in [1.82, 2.24) is 5.32 Å². The summed E-state index contributed by atoms with van der Waals surface area (Å²) in [5, 5.41) is 14.4. The second kappa shape index (κ2) is 6.64. The summed E-state index contributed by atoms with van der Waals surface area (Å²) < 4.78 is 0. The summed E-state index contributed by atoms with van der Waals surface area (Å²) in [6, 6.07) is 8.41. The maximum atomic E-state index is 11.6. The second-order valence-corrected chi connectivity index (χ2v) is 4.35. The fraction of sp³-hybridized carbons (Fsp3) is 0.385. The normalized spacial score (nSPS) is 11.9. The molecule has 1 unspecified atom stereocenters. The van der Waals surface area contributed by atoms with Gasteiger partial charge in [-0.15, -0.1) is 0 Å². The van der Waals surface area contributed by atoms with Crippen LogP contribution < -0.4 is 10.6 Å². The molecule has 0 aromatic heterocycles. The lowest BCUT2D eigenvalue weighted by molar-refractivity contribution is -0.142. The Balaban J connectivity index is 2.44. The van der Waals surface area contributed by atoms with E-state index in [1.807, 2.05) is 30.3 Å². The molecule has 98 valence electrons. The molecular weight excluding hydrogens is 232 g/mol. The predicted molar refractivity (Wildman–Crippen MR) is 69.3 cm³/mol. The van der Waals surface area contributed by atoms with Crippen LogP contribution in [0.15, 0.2) is 30.3 Å². The number of nitrogens with one attached hydrogen (secondary N) is 2. The number of benzene rings is 1. The SMILES string of the molecule is CC(C)C(NC(=O)CNc1ccccc1)C(=O)O. The Kier molecular flexibility index (Phi) is 5.17. The van der Waals surface area contributed by atoms with Crippen molar-refractivity contribution in [2.75, 3.05) is 11.9 Å². The molecule has 0 radical (unpaired) electrons. The van der Waals surface area contributed by atoms with E-state index in [9.17, 15) is 9.59 Å². The lowest BCUT2D eigenvalue weighted by Crippen LogP contribution is -2.46. The summed E-state index contributed by atoms with van der Waals surface area (Å²) in [7, 11) is 0. The topological polar surface area (TPSA) is 78.4 Å². The van der Waals surface area contributed by atoms with E-state index < -0.39 is 12.0 Å². The fourth-order valence-electron chi connectivity index (χ4n) is 1.48. The van der Waals surface area contributed by atoms with Crippen molar-refractivity contribution in [2.24, 2.45) is 5.92 Å². The van der Waals surface area contributed by atoms with Crippen LogP contribution in [0.2, 0.25) is 0 Å². The maximum absolute atomic E-state index is 11.6. The number of rotatable bonds is 6. The molecule has 1 aromatic rings. The number of carbonyl (C=O) groups excluding carboxylic acids is 1. The average molecular weight is 250 g/mol. The standard InChI is InChI=1S/C13H18N2O3/c1-9(2)12(13(17)18)15-11(16)8-14-10-6-4-3-5-7-10/h3-7,9,12,14H,8H2,1-2H3,(H,15,16)(H,17,18). The van der Waals surface area contributed by atoms with Crippen molar-refractivity contribution >= 4 is 17.6 Å². The molecular formula is C13H18N2O3. The van der Waals surface area contributed by atoms with Crippen LogP contribution in [-0.4, -0.2) is 29.6 Å². The van der Waals surface area contributed by atoms with Crippen molar-refractivity contribution in [2.45, 2.75) is 19.9 Å². The number of carbonyl (C=O) groups is 2. The van der Waals surface area contributed by atoms with Crippen molar-refractivity contribution in [3.05, 3.63) is 30.3 Å². The molecule has 1 rings (SSSR count). The van der Waals surface area contributed by atoms with Crippen LogP contribution in [-0.2, 0) is 9.59 Å². The van der Waals surface area contributed by atoms with Crippen LogP contribution in [0.5, 0.6) is 0 Å². The quantitative estimate of drug-likeness (QED) is 0.711. The van der Waals surface area contributed by atoms with Gasteiger partial charge >= 0.3 is 5.97 Å². The van der Waals surface area contributed by atoms with Gasteiger partial charge in [-0.05, 0) is 18.1 Å². The number of hydrogen-bond donors (Lipinski definition) is 3. The van der Waals surface area contributed by atoms with Gasteiger partial charge in [0.25, 0.3) is 0 Å². The molecule has 0 saturated carbocycles. The van der Waals surface area contributed by atoms with Crippen molar-refractivity contribution in [1.29, 1.82) is 0 Å². The molecule has 0 aliphatic heterocycles. The first kappa shape index (κ1) is 14.0. The number of amides is 1. The Morgan fingerprint density at radius 2 is 1.83 bits per heavy atom. The van der Waals surface area contributed by atoms with Crippen LogP contribution in [0.1, 0.15) is 13.8 Å².